The van der Waals surface area contributed by atoms with Crippen molar-refractivity contribution in [3.63, 3.8) is 0 Å². The number of nitrogens with one attached hydrogen (secondary N) is 2. The van der Waals surface area contributed by atoms with Crippen LogP contribution in [-0.4, -0.2) is 44.5 Å². The van der Waals surface area contributed by atoms with Crippen molar-refractivity contribution in [2.24, 2.45) is 5.92 Å². The highest BCUT2D eigenvalue weighted by Crippen LogP contribution is 2.38. The van der Waals surface area contributed by atoms with Crippen LogP contribution in [0.1, 0.15) is 25.7 Å². The van der Waals surface area contributed by atoms with Crippen molar-refractivity contribution in [1.29, 1.82) is 0 Å². The molecule has 1 aliphatic heterocycles. The lowest BCUT2D eigenvalue weighted by molar-refractivity contribution is -0.00889. The molecule has 0 spiro atoms. The normalized spacial score (nSPS) is 23.7. The molecular weight excluding hydrogens is 308 g/mol. The van der Waals surface area contributed by atoms with Gasteiger partial charge in [0.15, 0.2) is 0 Å². The van der Waals surface area contributed by atoms with Crippen LogP contribution in [0.5, 0.6) is 0 Å². The molecule has 2 aliphatic rings. The Kier molecular flexibility index (Phi) is 4.12. The van der Waals surface area contributed by atoms with E-state index in [-0.39, 0.29) is 12.1 Å². The number of carbonyl (C=O) groups is 1. The van der Waals surface area contributed by atoms with E-state index in [1.54, 1.807) is 30.9 Å². The van der Waals surface area contributed by atoms with Crippen molar-refractivity contribution >= 4 is 11.7 Å². The monoisotopic (exact) mass is 328 g/mol. The van der Waals surface area contributed by atoms with Gasteiger partial charge < -0.3 is 15.4 Å². The summed E-state index contributed by atoms with van der Waals surface area (Å²) in [6.07, 6.45) is 11.1. The first-order valence-corrected chi connectivity index (χ1v) is 8.29. The molecule has 2 fully saturated rings. The number of hydrogen-bond donors (Lipinski definition) is 2. The minimum atomic E-state index is -0.218. The fraction of sp³-hybridized carbons (Fsp3) is 0.500. The summed E-state index contributed by atoms with van der Waals surface area (Å²) in [5.74, 6) is 1.16. The van der Waals surface area contributed by atoms with Crippen molar-refractivity contribution < 1.29 is 9.53 Å². The molecule has 0 radical (unpaired) electrons. The molecule has 2 atom stereocenters. The molecule has 8 nitrogen and oxygen atoms in total. The summed E-state index contributed by atoms with van der Waals surface area (Å²) in [4.78, 5) is 20.4. The number of ether oxygens (including phenoxy) is 1. The fourth-order valence-corrected chi connectivity index (χ4v) is 3.01. The van der Waals surface area contributed by atoms with Gasteiger partial charge in [-0.3, -0.25) is 0 Å². The standard InChI is InChI=1S/C16H20N6O2/c23-16(20-12-4-7-24-14(8-12)11-2-3-11)21-13-9-19-22(10-13)15-17-5-1-6-18-15/h1,5-6,9-12,14H,2-4,7-8H2,(H2,20,21,23). The van der Waals surface area contributed by atoms with Crippen molar-refractivity contribution in [3.8, 4) is 5.95 Å². The quantitative estimate of drug-likeness (QED) is 0.891. The van der Waals surface area contributed by atoms with E-state index in [9.17, 15) is 4.79 Å². The van der Waals surface area contributed by atoms with E-state index in [1.807, 2.05) is 0 Å². The van der Waals surface area contributed by atoms with Crippen LogP contribution in [0.2, 0.25) is 0 Å². The third-order valence-corrected chi connectivity index (χ3v) is 4.40. The number of hydrogen-bond acceptors (Lipinski definition) is 5. The lowest BCUT2D eigenvalue weighted by atomic mass is 10.0. The van der Waals surface area contributed by atoms with Gasteiger partial charge in [0, 0.05) is 25.0 Å². The summed E-state index contributed by atoms with van der Waals surface area (Å²) in [6.45, 7) is 0.718. The zero-order chi connectivity index (χ0) is 16.4. The van der Waals surface area contributed by atoms with Gasteiger partial charge >= 0.3 is 6.03 Å². The Balaban J connectivity index is 1.32. The van der Waals surface area contributed by atoms with E-state index in [4.69, 9.17) is 4.74 Å². The number of amides is 2. The van der Waals surface area contributed by atoms with Crippen molar-refractivity contribution in [2.75, 3.05) is 11.9 Å². The van der Waals surface area contributed by atoms with Gasteiger partial charge in [-0.15, -0.1) is 0 Å². The number of carbonyl (C=O) groups excluding carboxylic acids is 1. The zero-order valence-corrected chi connectivity index (χ0v) is 13.3. The maximum atomic E-state index is 12.2. The van der Waals surface area contributed by atoms with Crippen LogP contribution in [0.3, 0.4) is 0 Å². The van der Waals surface area contributed by atoms with E-state index >= 15 is 0 Å². The summed E-state index contributed by atoms with van der Waals surface area (Å²) in [7, 11) is 0. The minimum Gasteiger partial charge on any atom is -0.378 e. The van der Waals surface area contributed by atoms with Crippen molar-refractivity contribution in [3.05, 3.63) is 30.9 Å². The molecule has 2 N–H and O–H groups in total. The van der Waals surface area contributed by atoms with Crippen LogP contribution in [-0.2, 0) is 4.74 Å². The van der Waals surface area contributed by atoms with Crippen molar-refractivity contribution in [1.82, 2.24) is 25.1 Å². The Labute approximate surface area is 139 Å². The summed E-state index contributed by atoms with van der Waals surface area (Å²) in [5.41, 5.74) is 0.603. The fourth-order valence-electron chi connectivity index (χ4n) is 3.01. The average molecular weight is 328 g/mol. The molecule has 8 heteroatoms. The molecule has 0 aromatic carbocycles. The van der Waals surface area contributed by atoms with Gasteiger partial charge in [0.2, 0.25) is 5.95 Å². The van der Waals surface area contributed by atoms with E-state index in [2.05, 4.69) is 25.7 Å². The smallest absolute Gasteiger partial charge is 0.319 e. The Hall–Kier alpha value is -2.48. The van der Waals surface area contributed by atoms with Crippen molar-refractivity contribution in [2.45, 2.75) is 37.8 Å². The summed E-state index contributed by atoms with van der Waals surface area (Å²) < 4.78 is 7.31. The Morgan fingerprint density at radius 3 is 2.88 bits per heavy atom. The first-order valence-electron chi connectivity index (χ1n) is 8.29. The SMILES string of the molecule is O=C(Nc1cnn(-c2ncccn2)c1)NC1CCOC(C2CC2)C1. The number of urea groups is 1. The van der Waals surface area contributed by atoms with Crippen LogP contribution in [0, 0.1) is 5.92 Å². The molecule has 2 amide bonds. The summed E-state index contributed by atoms with van der Waals surface area (Å²) in [5, 5.41) is 10.00. The summed E-state index contributed by atoms with van der Waals surface area (Å²) in [6, 6.07) is 1.68. The molecule has 2 unspecified atom stereocenters. The second-order valence-electron chi connectivity index (χ2n) is 6.29. The molecule has 4 rings (SSSR count). The predicted molar refractivity (Wildman–Crippen MR) is 86.8 cm³/mol. The van der Waals surface area contributed by atoms with E-state index in [1.165, 1.54) is 17.5 Å². The molecule has 24 heavy (non-hydrogen) atoms. The highest BCUT2D eigenvalue weighted by molar-refractivity contribution is 5.89. The maximum absolute atomic E-state index is 12.2. The minimum absolute atomic E-state index is 0.164. The number of nitrogens with zero attached hydrogens (tertiary/aromatic N) is 4. The molecule has 126 valence electrons. The molecule has 2 aromatic rings. The second kappa shape index (κ2) is 6.56. The molecular formula is C16H20N6O2. The molecule has 3 heterocycles. The number of aromatic nitrogens is 4. The Bertz CT molecular complexity index is 700. The lowest BCUT2D eigenvalue weighted by Gasteiger charge is -2.30. The van der Waals surface area contributed by atoms with Gasteiger partial charge in [0.25, 0.3) is 0 Å². The number of rotatable bonds is 4. The molecule has 1 saturated carbocycles. The molecule has 0 bridgehead atoms. The molecule has 2 aromatic heterocycles. The highest BCUT2D eigenvalue weighted by Gasteiger charge is 2.36. The van der Waals surface area contributed by atoms with Crippen LogP contribution in [0.15, 0.2) is 30.9 Å². The predicted octanol–water partition coefficient (Wildman–Crippen LogP) is 1.74. The van der Waals surface area contributed by atoms with Crippen LogP contribution >= 0.6 is 0 Å². The second-order valence-corrected chi connectivity index (χ2v) is 6.29. The van der Waals surface area contributed by atoms with Gasteiger partial charge in [-0.2, -0.15) is 5.10 Å². The molecule has 1 saturated heterocycles. The largest absolute Gasteiger partial charge is 0.378 e. The maximum Gasteiger partial charge on any atom is 0.319 e. The number of anilines is 1. The van der Waals surface area contributed by atoms with E-state index in [0.717, 1.165) is 19.4 Å². The van der Waals surface area contributed by atoms with Crippen LogP contribution in [0.25, 0.3) is 5.95 Å². The lowest BCUT2D eigenvalue weighted by Crippen LogP contribution is -2.44. The third kappa shape index (κ3) is 3.53. The zero-order valence-electron chi connectivity index (χ0n) is 13.3. The van der Waals surface area contributed by atoms with Gasteiger partial charge in [0.1, 0.15) is 0 Å². The Morgan fingerprint density at radius 2 is 2.08 bits per heavy atom. The van der Waals surface area contributed by atoms with E-state index < -0.39 is 0 Å². The third-order valence-electron chi connectivity index (χ3n) is 4.40. The van der Waals surface area contributed by atoms with Gasteiger partial charge in [-0.25, -0.2) is 19.4 Å². The van der Waals surface area contributed by atoms with Crippen LogP contribution in [0.4, 0.5) is 10.5 Å². The molecule has 1 aliphatic carbocycles. The average Bonchev–Trinajstić information content (AvgIpc) is 3.36. The highest BCUT2D eigenvalue weighted by atomic mass is 16.5. The van der Waals surface area contributed by atoms with Gasteiger partial charge in [0.05, 0.1) is 24.2 Å². The van der Waals surface area contributed by atoms with Gasteiger partial charge in [-0.05, 0) is 37.7 Å². The first-order chi connectivity index (χ1) is 11.8. The van der Waals surface area contributed by atoms with Gasteiger partial charge in [-0.1, -0.05) is 0 Å². The van der Waals surface area contributed by atoms with Crippen LogP contribution < -0.4 is 10.6 Å². The summed E-state index contributed by atoms with van der Waals surface area (Å²) >= 11 is 0. The Morgan fingerprint density at radius 1 is 1.25 bits per heavy atom. The van der Waals surface area contributed by atoms with E-state index in [0.29, 0.717) is 23.7 Å². The topological polar surface area (TPSA) is 94.0 Å². The first kappa shape index (κ1) is 15.1.